The number of nitrogens with one attached hydrogen (secondary N) is 2. The molecule has 15 heavy (non-hydrogen) atoms. The number of nitro benzene ring substituents is 1. The van der Waals surface area contributed by atoms with Gasteiger partial charge >= 0.3 is 6.03 Å². The molecular weight excluding hydrogens is 200 g/mol. The Morgan fingerprint density at radius 1 is 1.53 bits per heavy atom. The second-order valence-corrected chi connectivity index (χ2v) is 2.87. The third kappa shape index (κ3) is 2.83. The van der Waals surface area contributed by atoms with Crippen molar-refractivity contribution in [2.45, 2.75) is 6.92 Å². The summed E-state index contributed by atoms with van der Waals surface area (Å²) in [4.78, 5) is 20.3. The molecule has 80 valence electrons. The van der Waals surface area contributed by atoms with Gasteiger partial charge in [0.05, 0.1) is 10.6 Å². The number of non-ortho nitro benzene ring substituents is 1. The Kier molecular flexibility index (Phi) is 3.06. The van der Waals surface area contributed by atoms with Gasteiger partial charge in [-0.3, -0.25) is 21.0 Å². The fraction of sp³-hybridized carbons (Fsp3) is 0.125. The van der Waals surface area contributed by atoms with Crippen molar-refractivity contribution in [1.82, 2.24) is 5.43 Å². The van der Waals surface area contributed by atoms with Gasteiger partial charge in [0.25, 0.3) is 5.69 Å². The first-order chi connectivity index (χ1) is 7.00. The zero-order chi connectivity index (χ0) is 11.4. The number of benzene rings is 1. The molecule has 0 aliphatic carbocycles. The molecule has 0 aliphatic heterocycles. The maximum atomic E-state index is 10.4. The predicted molar refractivity (Wildman–Crippen MR) is 54.2 cm³/mol. The van der Waals surface area contributed by atoms with Gasteiger partial charge in [0.15, 0.2) is 0 Å². The van der Waals surface area contributed by atoms with Crippen molar-refractivity contribution in [3.05, 3.63) is 33.9 Å². The minimum absolute atomic E-state index is 0.00266. The molecule has 1 aromatic rings. The third-order valence-corrected chi connectivity index (χ3v) is 1.74. The zero-order valence-corrected chi connectivity index (χ0v) is 7.98. The average molecular weight is 210 g/mol. The average Bonchev–Trinajstić information content (AvgIpc) is 2.15. The minimum Gasteiger partial charge on any atom is -0.350 e. The van der Waals surface area contributed by atoms with Crippen LogP contribution in [0.1, 0.15) is 5.56 Å². The van der Waals surface area contributed by atoms with Crippen molar-refractivity contribution in [2.24, 2.45) is 5.73 Å². The maximum absolute atomic E-state index is 10.4. The number of rotatable bonds is 3. The lowest BCUT2D eigenvalue weighted by molar-refractivity contribution is -0.384. The Balaban J connectivity index is 2.83. The molecule has 0 radical (unpaired) electrons. The van der Waals surface area contributed by atoms with E-state index in [1.165, 1.54) is 18.2 Å². The van der Waals surface area contributed by atoms with Crippen molar-refractivity contribution < 1.29 is 9.72 Å². The number of hydrazine groups is 1. The van der Waals surface area contributed by atoms with Crippen LogP contribution in [0.2, 0.25) is 0 Å². The summed E-state index contributed by atoms with van der Waals surface area (Å²) in [5.41, 5.74) is 10.7. The van der Waals surface area contributed by atoms with Crippen LogP contribution < -0.4 is 16.6 Å². The van der Waals surface area contributed by atoms with E-state index in [9.17, 15) is 14.9 Å². The number of carbonyl (C=O) groups excluding carboxylic acids is 1. The van der Waals surface area contributed by atoms with Crippen LogP contribution in [0.25, 0.3) is 0 Å². The number of nitrogens with two attached hydrogens (primary N) is 1. The molecule has 0 aromatic heterocycles. The molecule has 0 aliphatic rings. The number of urea groups is 1. The van der Waals surface area contributed by atoms with Crippen LogP contribution in [0, 0.1) is 17.0 Å². The van der Waals surface area contributed by atoms with Gasteiger partial charge in [-0.05, 0) is 18.6 Å². The van der Waals surface area contributed by atoms with E-state index in [0.717, 1.165) is 0 Å². The normalized spacial score (nSPS) is 9.40. The highest BCUT2D eigenvalue weighted by atomic mass is 16.6. The quantitative estimate of drug-likeness (QED) is 0.508. The van der Waals surface area contributed by atoms with Crippen LogP contribution in [-0.4, -0.2) is 11.0 Å². The topological polar surface area (TPSA) is 110 Å². The van der Waals surface area contributed by atoms with Gasteiger partial charge in [-0.25, -0.2) is 4.79 Å². The number of amides is 2. The summed E-state index contributed by atoms with van der Waals surface area (Å²) in [6, 6.07) is 3.49. The highest BCUT2D eigenvalue weighted by Crippen LogP contribution is 2.20. The molecule has 4 N–H and O–H groups in total. The fourth-order valence-corrected chi connectivity index (χ4v) is 1.03. The standard InChI is InChI=1S/C8H10N4O3/c1-5-4-6(12(14)15)2-3-7(5)10-11-8(9)13/h2-4,10H,1H3,(H3,9,11,13). The molecule has 0 saturated carbocycles. The number of nitrogens with zero attached hydrogens (tertiary/aromatic N) is 1. The van der Waals surface area contributed by atoms with E-state index in [4.69, 9.17) is 5.73 Å². The molecular formula is C8H10N4O3. The molecule has 0 fully saturated rings. The van der Waals surface area contributed by atoms with Crippen molar-refractivity contribution in [3.8, 4) is 0 Å². The molecule has 0 unspecified atom stereocenters. The monoisotopic (exact) mass is 210 g/mol. The lowest BCUT2D eigenvalue weighted by atomic mass is 10.2. The van der Waals surface area contributed by atoms with Gasteiger partial charge in [-0.2, -0.15) is 0 Å². The minimum atomic E-state index is -0.729. The van der Waals surface area contributed by atoms with Crippen molar-refractivity contribution >= 4 is 17.4 Å². The summed E-state index contributed by atoms with van der Waals surface area (Å²) < 4.78 is 0. The Labute approximate surface area is 85.4 Å². The van der Waals surface area contributed by atoms with Crippen LogP contribution in [0.15, 0.2) is 18.2 Å². The van der Waals surface area contributed by atoms with Crippen molar-refractivity contribution in [2.75, 3.05) is 5.43 Å². The van der Waals surface area contributed by atoms with Gasteiger partial charge in [0, 0.05) is 12.1 Å². The van der Waals surface area contributed by atoms with Gasteiger partial charge < -0.3 is 5.73 Å². The van der Waals surface area contributed by atoms with Gasteiger partial charge in [0.1, 0.15) is 0 Å². The Bertz CT molecular complexity index is 405. The molecule has 0 spiro atoms. The van der Waals surface area contributed by atoms with E-state index in [1.807, 2.05) is 0 Å². The molecule has 0 atom stereocenters. The molecule has 7 heteroatoms. The lowest BCUT2D eigenvalue weighted by Crippen LogP contribution is -2.34. The Hall–Kier alpha value is -2.31. The number of hydrogen-bond donors (Lipinski definition) is 3. The van der Waals surface area contributed by atoms with Crippen LogP contribution in [0.5, 0.6) is 0 Å². The van der Waals surface area contributed by atoms with Crippen LogP contribution in [0.4, 0.5) is 16.2 Å². The molecule has 0 heterocycles. The third-order valence-electron chi connectivity index (χ3n) is 1.74. The van der Waals surface area contributed by atoms with E-state index < -0.39 is 11.0 Å². The second kappa shape index (κ2) is 4.27. The molecule has 2 amide bonds. The molecule has 0 bridgehead atoms. The summed E-state index contributed by atoms with van der Waals surface area (Å²) in [5.74, 6) is 0. The highest BCUT2D eigenvalue weighted by molar-refractivity contribution is 5.73. The summed E-state index contributed by atoms with van der Waals surface area (Å²) in [7, 11) is 0. The summed E-state index contributed by atoms with van der Waals surface area (Å²) in [5, 5.41) is 10.4. The maximum Gasteiger partial charge on any atom is 0.330 e. The van der Waals surface area contributed by atoms with Gasteiger partial charge in [-0.1, -0.05) is 0 Å². The predicted octanol–water partition coefficient (Wildman–Crippen LogP) is 0.898. The van der Waals surface area contributed by atoms with Gasteiger partial charge in [0.2, 0.25) is 0 Å². The number of aryl methyl sites for hydroxylation is 1. The van der Waals surface area contributed by atoms with Crippen molar-refractivity contribution in [3.63, 3.8) is 0 Å². The number of nitro groups is 1. The van der Waals surface area contributed by atoms with E-state index in [1.54, 1.807) is 6.92 Å². The number of anilines is 1. The Morgan fingerprint density at radius 3 is 2.67 bits per heavy atom. The fourth-order valence-electron chi connectivity index (χ4n) is 1.03. The lowest BCUT2D eigenvalue weighted by Gasteiger charge is -2.08. The number of primary amides is 1. The molecule has 1 aromatic carbocycles. The first kappa shape index (κ1) is 10.8. The van der Waals surface area contributed by atoms with Gasteiger partial charge in [-0.15, -0.1) is 0 Å². The first-order valence-electron chi connectivity index (χ1n) is 4.07. The van der Waals surface area contributed by atoms with E-state index in [-0.39, 0.29) is 5.69 Å². The number of carbonyl (C=O) groups is 1. The SMILES string of the molecule is Cc1cc([N+](=O)[O-])ccc1NNC(N)=O. The largest absolute Gasteiger partial charge is 0.350 e. The van der Waals surface area contributed by atoms with Crippen LogP contribution in [-0.2, 0) is 0 Å². The van der Waals surface area contributed by atoms with Crippen LogP contribution in [0.3, 0.4) is 0 Å². The molecule has 7 nitrogen and oxygen atoms in total. The zero-order valence-electron chi connectivity index (χ0n) is 7.98. The van der Waals surface area contributed by atoms with E-state index in [0.29, 0.717) is 11.3 Å². The highest BCUT2D eigenvalue weighted by Gasteiger charge is 2.07. The summed E-state index contributed by atoms with van der Waals surface area (Å²) in [6.07, 6.45) is 0. The number of hydrogen-bond acceptors (Lipinski definition) is 4. The summed E-state index contributed by atoms with van der Waals surface area (Å²) in [6.45, 7) is 1.68. The Morgan fingerprint density at radius 2 is 2.20 bits per heavy atom. The second-order valence-electron chi connectivity index (χ2n) is 2.87. The van der Waals surface area contributed by atoms with Crippen molar-refractivity contribution in [1.29, 1.82) is 0 Å². The molecule has 1 rings (SSSR count). The first-order valence-corrected chi connectivity index (χ1v) is 4.07. The van der Waals surface area contributed by atoms with E-state index in [2.05, 4.69) is 10.9 Å². The van der Waals surface area contributed by atoms with E-state index >= 15 is 0 Å². The van der Waals surface area contributed by atoms with Crippen LogP contribution >= 0.6 is 0 Å². The smallest absolute Gasteiger partial charge is 0.330 e. The summed E-state index contributed by atoms with van der Waals surface area (Å²) >= 11 is 0. The molecule has 0 saturated heterocycles.